The highest BCUT2D eigenvalue weighted by atomic mass is 35.5. The van der Waals surface area contributed by atoms with Crippen LogP contribution >= 0.6 is 11.6 Å². The summed E-state index contributed by atoms with van der Waals surface area (Å²) in [7, 11) is 0. The van der Waals surface area contributed by atoms with Crippen molar-refractivity contribution in [3.8, 4) is 11.1 Å². The smallest absolute Gasteiger partial charge is 0.266 e. The van der Waals surface area contributed by atoms with Gasteiger partial charge in [-0.25, -0.2) is 8.78 Å². The molecule has 1 aliphatic rings. The molecule has 0 radical (unpaired) electrons. The highest BCUT2D eigenvalue weighted by Gasteiger charge is 2.44. The molecule has 1 N–H and O–H groups in total. The number of piperidine rings is 1. The number of nitrogens with zero attached hydrogens (tertiary/aromatic N) is 2. The third-order valence-corrected chi connectivity index (χ3v) is 5.73. The van der Waals surface area contributed by atoms with E-state index in [2.05, 4.69) is 10.3 Å². The van der Waals surface area contributed by atoms with Crippen LogP contribution in [0.2, 0.25) is 5.02 Å². The summed E-state index contributed by atoms with van der Waals surface area (Å²) >= 11 is 5.93. The number of hydrogen-bond acceptors (Lipinski definition) is 3. The summed E-state index contributed by atoms with van der Waals surface area (Å²) in [6.07, 6.45) is 1.05. The first kappa shape index (κ1) is 22.9. The molecule has 1 fully saturated rings. The maximum absolute atomic E-state index is 14.5. The zero-order valence-electron chi connectivity index (χ0n) is 17.9. The summed E-state index contributed by atoms with van der Waals surface area (Å²) in [5, 5.41) is 3.04. The number of hydrogen-bond donors (Lipinski definition) is 1. The minimum atomic E-state index is -3.18. The Kier molecular flexibility index (Phi) is 6.42. The van der Waals surface area contributed by atoms with E-state index in [9.17, 15) is 18.4 Å². The number of nitrogens with one attached hydrogen (secondary N) is 1. The molecule has 1 aliphatic heterocycles. The molecule has 2 amide bonds. The van der Waals surface area contributed by atoms with Crippen molar-refractivity contribution in [1.82, 2.24) is 9.88 Å². The zero-order valence-corrected chi connectivity index (χ0v) is 18.7. The highest BCUT2D eigenvalue weighted by molar-refractivity contribution is 6.30. The number of amides is 2. The van der Waals surface area contributed by atoms with E-state index in [1.165, 1.54) is 6.07 Å². The molecule has 33 heavy (non-hydrogen) atoms. The van der Waals surface area contributed by atoms with E-state index in [4.69, 9.17) is 11.6 Å². The Hall–Kier alpha value is -3.32. The van der Waals surface area contributed by atoms with Gasteiger partial charge in [0.25, 0.3) is 11.8 Å². The number of anilines is 1. The predicted molar refractivity (Wildman–Crippen MR) is 123 cm³/mol. The molecule has 170 valence electrons. The number of alkyl halides is 2. The van der Waals surface area contributed by atoms with Crippen LogP contribution in [0, 0.1) is 12.8 Å². The molecular formula is C25H22ClF2N3O2. The molecule has 3 aromatic rings. The second kappa shape index (κ2) is 9.27. The Balaban J connectivity index is 1.54. The van der Waals surface area contributed by atoms with Gasteiger partial charge in [0, 0.05) is 41.1 Å². The van der Waals surface area contributed by atoms with Crippen molar-refractivity contribution in [2.24, 2.45) is 5.92 Å². The lowest BCUT2D eigenvalue weighted by molar-refractivity contribution is -0.130. The second-order valence-corrected chi connectivity index (χ2v) is 8.65. The van der Waals surface area contributed by atoms with E-state index in [1.807, 2.05) is 25.1 Å². The minimum Gasteiger partial charge on any atom is -0.332 e. The first-order valence-electron chi connectivity index (χ1n) is 10.5. The summed E-state index contributed by atoms with van der Waals surface area (Å²) < 4.78 is 29.1. The number of carbonyl (C=O) groups excluding carboxylic acids is 2. The standard InChI is InChI=1S/C25H22ClF2N3O2/c1-16-10-18(8-9-29-16)17-4-2-5-19(11-17)24(33)31-14-20(13-25(27,28)15-31)23(32)30-22-7-3-6-21(26)12-22/h2-12,20H,13-15H2,1H3,(H,30,32). The molecule has 5 nitrogen and oxygen atoms in total. The van der Waals surface area contributed by atoms with Crippen molar-refractivity contribution < 1.29 is 18.4 Å². The van der Waals surface area contributed by atoms with E-state index >= 15 is 0 Å². The van der Waals surface area contributed by atoms with Gasteiger partial charge in [-0.05, 0) is 60.5 Å². The van der Waals surface area contributed by atoms with Gasteiger partial charge < -0.3 is 10.2 Å². The van der Waals surface area contributed by atoms with Crippen LogP contribution in [-0.2, 0) is 4.79 Å². The number of rotatable bonds is 4. The maximum atomic E-state index is 14.5. The number of likely N-dealkylation sites (tertiary alicyclic amines) is 1. The van der Waals surface area contributed by atoms with E-state index in [1.54, 1.807) is 42.6 Å². The second-order valence-electron chi connectivity index (χ2n) is 8.21. The quantitative estimate of drug-likeness (QED) is 0.553. The minimum absolute atomic E-state index is 0.0978. The van der Waals surface area contributed by atoms with E-state index in [0.717, 1.165) is 21.7 Å². The maximum Gasteiger partial charge on any atom is 0.266 e. The monoisotopic (exact) mass is 469 g/mol. The average molecular weight is 470 g/mol. The lowest BCUT2D eigenvalue weighted by Crippen LogP contribution is -2.52. The van der Waals surface area contributed by atoms with E-state index < -0.39 is 36.6 Å². The van der Waals surface area contributed by atoms with Crippen molar-refractivity contribution in [2.75, 3.05) is 18.4 Å². The van der Waals surface area contributed by atoms with Crippen molar-refractivity contribution in [2.45, 2.75) is 19.3 Å². The molecule has 1 atom stereocenters. The predicted octanol–water partition coefficient (Wildman–Crippen LogP) is 5.45. The number of pyridine rings is 1. The molecule has 2 heterocycles. The number of carbonyl (C=O) groups is 2. The molecule has 1 unspecified atom stereocenters. The van der Waals surface area contributed by atoms with Gasteiger partial charge >= 0.3 is 0 Å². The van der Waals surface area contributed by atoms with E-state index in [-0.39, 0.29) is 12.1 Å². The van der Waals surface area contributed by atoms with Gasteiger partial charge in [0.1, 0.15) is 0 Å². The number of aromatic nitrogens is 1. The van der Waals surface area contributed by atoms with Crippen LogP contribution in [0.5, 0.6) is 0 Å². The number of halogens is 3. The largest absolute Gasteiger partial charge is 0.332 e. The van der Waals surface area contributed by atoms with Gasteiger partial charge in [-0.2, -0.15) is 0 Å². The van der Waals surface area contributed by atoms with Gasteiger partial charge in [-0.3, -0.25) is 14.6 Å². The van der Waals surface area contributed by atoms with Gasteiger partial charge in [-0.1, -0.05) is 29.8 Å². The fourth-order valence-electron chi connectivity index (χ4n) is 3.98. The Morgan fingerprint density at radius 3 is 2.61 bits per heavy atom. The van der Waals surface area contributed by atoms with Gasteiger partial charge in [0.2, 0.25) is 5.91 Å². The topological polar surface area (TPSA) is 62.3 Å². The molecule has 0 spiro atoms. The van der Waals surface area contributed by atoms with Crippen LogP contribution in [0.1, 0.15) is 22.5 Å². The van der Waals surface area contributed by atoms with Crippen molar-refractivity contribution in [3.05, 3.63) is 83.1 Å². The van der Waals surface area contributed by atoms with Gasteiger partial charge in [0.15, 0.2) is 0 Å². The fraction of sp³-hybridized carbons (Fsp3) is 0.240. The average Bonchev–Trinajstić information content (AvgIpc) is 2.77. The Bertz CT molecular complexity index is 1200. The van der Waals surface area contributed by atoms with Crippen LogP contribution in [0.4, 0.5) is 14.5 Å². The Labute approximate surface area is 195 Å². The summed E-state index contributed by atoms with van der Waals surface area (Å²) in [6.45, 7) is 1.04. The normalized spacial score (nSPS) is 17.5. The number of aryl methyl sites for hydroxylation is 1. The molecule has 1 saturated heterocycles. The van der Waals surface area contributed by atoms with Crippen molar-refractivity contribution in [1.29, 1.82) is 0 Å². The fourth-order valence-corrected chi connectivity index (χ4v) is 4.17. The summed E-state index contributed by atoms with van der Waals surface area (Å²) in [4.78, 5) is 31.1. The molecule has 0 aliphatic carbocycles. The van der Waals surface area contributed by atoms with Crippen LogP contribution in [-0.4, -0.2) is 40.7 Å². The lowest BCUT2D eigenvalue weighted by Gasteiger charge is -2.37. The third kappa shape index (κ3) is 5.54. The molecule has 8 heteroatoms. The molecule has 2 aromatic carbocycles. The van der Waals surface area contributed by atoms with Gasteiger partial charge in [0.05, 0.1) is 12.5 Å². The SMILES string of the molecule is Cc1cc(-c2cccc(C(=O)N3CC(C(=O)Nc4cccc(Cl)c4)CC(F)(F)C3)c2)ccn1. The molecule has 0 saturated carbocycles. The first-order chi connectivity index (χ1) is 15.7. The third-order valence-electron chi connectivity index (χ3n) is 5.50. The van der Waals surface area contributed by atoms with Crippen molar-refractivity contribution >= 4 is 29.1 Å². The zero-order chi connectivity index (χ0) is 23.6. The van der Waals surface area contributed by atoms with Crippen LogP contribution in [0.3, 0.4) is 0 Å². The molecular weight excluding hydrogens is 448 g/mol. The highest BCUT2D eigenvalue weighted by Crippen LogP contribution is 2.32. The number of benzene rings is 2. The summed E-state index contributed by atoms with van der Waals surface area (Å²) in [5.74, 6) is -5.34. The Morgan fingerprint density at radius 2 is 1.85 bits per heavy atom. The first-order valence-corrected chi connectivity index (χ1v) is 10.8. The summed E-state index contributed by atoms with van der Waals surface area (Å²) in [5.41, 5.74) is 3.19. The van der Waals surface area contributed by atoms with Crippen LogP contribution in [0.25, 0.3) is 11.1 Å². The molecule has 4 rings (SSSR count). The van der Waals surface area contributed by atoms with Gasteiger partial charge in [-0.15, -0.1) is 0 Å². The van der Waals surface area contributed by atoms with E-state index in [0.29, 0.717) is 10.7 Å². The Morgan fingerprint density at radius 1 is 1.09 bits per heavy atom. The summed E-state index contributed by atoms with van der Waals surface area (Å²) in [6, 6.07) is 17.0. The molecule has 0 bridgehead atoms. The van der Waals surface area contributed by atoms with Crippen molar-refractivity contribution in [3.63, 3.8) is 0 Å². The van der Waals surface area contributed by atoms with Crippen LogP contribution < -0.4 is 5.32 Å². The lowest BCUT2D eigenvalue weighted by atomic mass is 9.93. The van der Waals surface area contributed by atoms with Crippen LogP contribution in [0.15, 0.2) is 66.9 Å². The molecule has 1 aromatic heterocycles.